The molecule has 0 aromatic heterocycles. The average Bonchev–Trinajstić information content (AvgIpc) is 2.99. The van der Waals surface area contributed by atoms with Gasteiger partial charge in [-0.3, -0.25) is 9.59 Å². The summed E-state index contributed by atoms with van der Waals surface area (Å²) < 4.78 is 5.46. The molecular weight excluding hydrogens is 268 g/mol. The van der Waals surface area contributed by atoms with Crippen molar-refractivity contribution < 1.29 is 14.3 Å². The fraction of sp³-hybridized carbons (Fsp3) is 0.500. The SMILES string of the molecule is CCCOc1ccc(NC(=O)C(=O)NC2CCCC2)cc1. The van der Waals surface area contributed by atoms with Crippen LogP contribution in [0, 0.1) is 0 Å². The molecule has 0 aliphatic heterocycles. The van der Waals surface area contributed by atoms with E-state index in [2.05, 4.69) is 10.6 Å². The maximum Gasteiger partial charge on any atom is 0.313 e. The number of rotatable bonds is 5. The highest BCUT2D eigenvalue weighted by atomic mass is 16.5. The van der Waals surface area contributed by atoms with Gasteiger partial charge < -0.3 is 15.4 Å². The van der Waals surface area contributed by atoms with Crippen molar-refractivity contribution in [2.45, 2.75) is 45.1 Å². The van der Waals surface area contributed by atoms with Crippen molar-refractivity contribution in [1.29, 1.82) is 0 Å². The smallest absolute Gasteiger partial charge is 0.313 e. The highest BCUT2D eigenvalue weighted by Gasteiger charge is 2.21. The maximum atomic E-state index is 11.8. The summed E-state index contributed by atoms with van der Waals surface area (Å²) in [6.45, 7) is 2.70. The number of amides is 2. The van der Waals surface area contributed by atoms with E-state index in [-0.39, 0.29) is 6.04 Å². The first-order chi connectivity index (χ1) is 10.2. The molecule has 1 aromatic carbocycles. The van der Waals surface area contributed by atoms with Crippen molar-refractivity contribution >= 4 is 17.5 Å². The molecule has 2 amide bonds. The fourth-order valence-electron chi connectivity index (χ4n) is 2.36. The molecule has 0 radical (unpaired) electrons. The van der Waals surface area contributed by atoms with Crippen LogP contribution in [0.4, 0.5) is 5.69 Å². The van der Waals surface area contributed by atoms with Gasteiger partial charge in [0.1, 0.15) is 5.75 Å². The zero-order valence-electron chi connectivity index (χ0n) is 12.4. The molecule has 0 saturated heterocycles. The van der Waals surface area contributed by atoms with E-state index in [9.17, 15) is 9.59 Å². The first kappa shape index (κ1) is 15.4. The molecule has 21 heavy (non-hydrogen) atoms. The number of nitrogens with one attached hydrogen (secondary N) is 2. The molecule has 0 spiro atoms. The predicted octanol–water partition coefficient (Wildman–Crippen LogP) is 2.47. The van der Waals surface area contributed by atoms with E-state index in [4.69, 9.17) is 4.74 Å². The van der Waals surface area contributed by atoms with Crippen molar-refractivity contribution in [3.63, 3.8) is 0 Å². The molecule has 0 heterocycles. The molecule has 5 nitrogen and oxygen atoms in total. The minimum Gasteiger partial charge on any atom is -0.494 e. The summed E-state index contributed by atoms with van der Waals surface area (Å²) in [5, 5.41) is 5.35. The summed E-state index contributed by atoms with van der Waals surface area (Å²) in [5.41, 5.74) is 0.588. The van der Waals surface area contributed by atoms with Gasteiger partial charge in [0.25, 0.3) is 0 Å². The van der Waals surface area contributed by atoms with Crippen LogP contribution in [-0.4, -0.2) is 24.5 Å². The van der Waals surface area contributed by atoms with E-state index in [0.717, 1.165) is 37.9 Å². The zero-order valence-corrected chi connectivity index (χ0v) is 12.4. The Kier molecular flexibility index (Phi) is 5.60. The number of hydrogen-bond acceptors (Lipinski definition) is 3. The van der Waals surface area contributed by atoms with Crippen LogP contribution in [0.1, 0.15) is 39.0 Å². The lowest BCUT2D eigenvalue weighted by Crippen LogP contribution is -2.40. The number of carbonyl (C=O) groups is 2. The number of anilines is 1. The lowest BCUT2D eigenvalue weighted by Gasteiger charge is -2.12. The van der Waals surface area contributed by atoms with Crippen LogP contribution < -0.4 is 15.4 Å². The quantitative estimate of drug-likeness (QED) is 0.819. The van der Waals surface area contributed by atoms with Crippen LogP contribution in [0.25, 0.3) is 0 Å². The summed E-state index contributed by atoms with van der Waals surface area (Å²) in [6, 6.07) is 7.16. The topological polar surface area (TPSA) is 67.4 Å². The van der Waals surface area contributed by atoms with Gasteiger partial charge in [-0.1, -0.05) is 19.8 Å². The van der Waals surface area contributed by atoms with Crippen LogP contribution in [-0.2, 0) is 9.59 Å². The molecule has 0 atom stereocenters. The van der Waals surface area contributed by atoms with E-state index in [1.807, 2.05) is 6.92 Å². The minimum atomic E-state index is -0.621. The Morgan fingerprint density at radius 1 is 1.14 bits per heavy atom. The molecule has 2 N–H and O–H groups in total. The molecule has 0 bridgehead atoms. The normalized spacial score (nSPS) is 14.7. The second-order valence-corrected chi connectivity index (χ2v) is 5.28. The van der Waals surface area contributed by atoms with Gasteiger partial charge in [0.15, 0.2) is 0 Å². The molecule has 2 rings (SSSR count). The van der Waals surface area contributed by atoms with Crippen LogP contribution >= 0.6 is 0 Å². The molecule has 5 heteroatoms. The third-order valence-electron chi connectivity index (χ3n) is 3.48. The molecule has 1 aromatic rings. The third-order valence-corrected chi connectivity index (χ3v) is 3.48. The fourth-order valence-corrected chi connectivity index (χ4v) is 2.36. The van der Waals surface area contributed by atoms with Gasteiger partial charge in [0.2, 0.25) is 0 Å². The summed E-state index contributed by atoms with van der Waals surface area (Å²) in [5.74, 6) is -0.428. The van der Waals surface area contributed by atoms with Gasteiger partial charge in [-0.15, -0.1) is 0 Å². The average molecular weight is 290 g/mol. The summed E-state index contributed by atoms with van der Waals surface area (Å²) in [6.07, 6.45) is 5.10. The maximum absolute atomic E-state index is 11.8. The standard InChI is InChI=1S/C16H22N2O3/c1-2-11-21-14-9-7-13(8-10-14)18-16(20)15(19)17-12-5-3-4-6-12/h7-10,12H,2-6,11H2,1H3,(H,17,19)(H,18,20). The highest BCUT2D eigenvalue weighted by Crippen LogP contribution is 2.18. The lowest BCUT2D eigenvalue weighted by molar-refractivity contribution is -0.136. The number of benzene rings is 1. The van der Waals surface area contributed by atoms with Crippen LogP contribution in [0.2, 0.25) is 0 Å². The van der Waals surface area contributed by atoms with Gasteiger partial charge in [0.05, 0.1) is 6.61 Å². The molecule has 0 unspecified atom stereocenters. The lowest BCUT2D eigenvalue weighted by atomic mass is 10.2. The molecule has 1 saturated carbocycles. The Bertz CT molecular complexity index is 479. The molecule has 1 fully saturated rings. The Balaban J connectivity index is 1.82. The monoisotopic (exact) mass is 290 g/mol. The predicted molar refractivity (Wildman–Crippen MR) is 81.3 cm³/mol. The molecule has 1 aliphatic rings. The van der Waals surface area contributed by atoms with E-state index < -0.39 is 11.8 Å². The summed E-state index contributed by atoms with van der Waals surface area (Å²) >= 11 is 0. The largest absolute Gasteiger partial charge is 0.494 e. The first-order valence-electron chi connectivity index (χ1n) is 7.53. The molecule has 1 aliphatic carbocycles. The second kappa shape index (κ2) is 7.67. The van der Waals surface area contributed by atoms with E-state index >= 15 is 0 Å². The van der Waals surface area contributed by atoms with Gasteiger partial charge >= 0.3 is 11.8 Å². The summed E-state index contributed by atoms with van der Waals surface area (Å²) in [7, 11) is 0. The number of hydrogen-bond donors (Lipinski definition) is 2. The Morgan fingerprint density at radius 3 is 2.43 bits per heavy atom. The first-order valence-corrected chi connectivity index (χ1v) is 7.53. The number of ether oxygens (including phenoxy) is 1. The Morgan fingerprint density at radius 2 is 1.81 bits per heavy atom. The van der Waals surface area contributed by atoms with Crippen LogP contribution in [0.3, 0.4) is 0 Å². The van der Waals surface area contributed by atoms with E-state index in [1.54, 1.807) is 24.3 Å². The van der Waals surface area contributed by atoms with Crippen molar-refractivity contribution in [3.05, 3.63) is 24.3 Å². The van der Waals surface area contributed by atoms with Gasteiger partial charge in [-0.2, -0.15) is 0 Å². The molecule has 114 valence electrons. The van der Waals surface area contributed by atoms with E-state index in [0.29, 0.717) is 12.3 Å². The van der Waals surface area contributed by atoms with Crippen LogP contribution in [0.5, 0.6) is 5.75 Å². The molecular formula is C16H22N2O3. The Labute approximate surface area is 125 Å². The van der Waals surface area contributed by atoms with Crippen molar-refractivity contribution in [2.24, 2.45) is 0 Å². The minimum absolute atomic E-state index is 0.146. The second-order valence-electron chi connectivity index (χ2n) is 5.28. The summed E-state index contributed by atoms with van der Waals surface area (Å²) in [4.78, 5) is 23.6. The zero-order chi connectivity index (χ0) is 15.1. The van der Waals surface area contributed by atoms with Crippen molar-refractivity contribution in [1.82, 2.24) is 5.32 Å². The van der Waals surface area contributed by atoms with Gasteiger partial charge in [0, 0.05) is 11.7 Å². The van der Waals surface area contributed by atoms with Crippen molar-refractivity contribution in [2.75, 3.05) is 11.9 Å². The van der Waals surface area contributed by atoms with Crippen LogP contribution in [0.15, 0.2) is 24.3 Å². The van der Waals surface area contributed by atoms with Gasteiger partial charge in [-0.05, 0) is 43.5 Å². The van der Waals surface area contributed by atoms with Gasteiger partial charge in [-0.25, -0.2) is 0 Å². The Hall–Kier alpha value is -2.04. The van der Waals surface area contributed by atoms with Crippen molar-refractivity contribution in [3.8, 4) is 5.75 Å². The van der Waals surface area contributed by atoms with E-state index in [1.165, 1.54) is 0 Å². The highest BCUT2D eigenvalue weighted by molar-refractivity contribution is 6.39. The third kappa shape index (κ3) is 4.77. The number of carbonyl (C=O) groups excluding carboxylic acids is 2.